The van der Waals surface area contributed by atoms with E-state index in [1.54, 1.807) is 104 Å². The van der Waals surface area contributed by atoms with E-state index in [1.807, 2.05) is 78.9 Å². The van der Waals surface area contributed by atoms with Gasteiger partial charge in [-0.3, -0.25) is 28.9 Å². The van der Waals surface area contributed by atoms with E-state index in [0.29, 0.717) is 137 Å². The van der Waals surface area contributed by atoms with Crippen LogP contribution in [0.2, 0.25) is 5.02 Å². The van der Waals surface area contributed by atoms with Gasteiger partial charge in [0.15, 0.2) is 0 Å². The molecule has 4 aliphatic rings. The first kappa shape index (κ1) is 95.5. The summed E-state index contributed by atoms with van der Waals surface area (Å²) < 4.78 is 69.8. The Morgan fingerprint density at radius 2 is 1.02 bits per heavy atom. The second-order valence-electron chi connectivity index (χ2n) is 32.1. The number of anilines is 5. The highest BCUT2D eigenvalue weighted by Crippen LogP contribution is 2.37. The van der Waals surface area contributed by atoms with Crippen LogP contribution in [-0.2, 0) is 27.2 Å². The predicted octanol–water partition coefficient (Wildman–Crippen LogP) is 13.9. The summed E-state index contributed by atoms with van der Waals surface area (Å²) in [6.07, 6.45) is 12.0. The number of rotatable bonds is 25. The standard InChI is InChI=1S/C29H32F2N4O2.C25H24ClFN4O3.C24H26N4O3.C22H20FN5O2/c30-26-6-2-1-4-21(26)17-35-11-3-5-23(18-35)34-29(36)24-8-7-20(15-27(24)31)25-14-22(16-33-28(25)32)19-9-12-37-13-10-19;26-18-3-1-2-16(8-18)22(13-32)31-25(34)19-5-4-15(10-21(19)27)20-9-17(12-30-24(20)28)14-6-7-29-23(33)11-14;25-23-21(14-20(15-26-23)28-10-12-31-13-11-28)17-6-8-19(9-7-17)24(30)27-22(16-29)18-4-2-1-3-5-18;23-18-11-15(20-21(25)26-12-16(27-20)7-4-10-24)8-9-17(18)22(30)28-19(13-29)14-5-2-1-3-6-14/h1-2,4,6-8,14-16,19,23H,3,5,9-13,17-18H2,(H2,32,33)(H,34,36);1-5,8-10,12,14,22,32H,6-7,11,13H2,(H2,28,30)(H,29,33)(H,31,34);1-9,14-15,22,29H,10-13,16H2,(H2,25,26)(H,27,30);1-3,5-6,8-9,11-12,19,29H,4,7,13H2,(H2,25,26)(H,28,30)/t23-;14?,22-;22-;19-/m1111/s1. The number of nitrogen functional groups attached to an aromatic ring is 4. The van der Waals surface area contributed by atoms with Gasteiger partial charge in [0.1, 0.15) is 52.2 Å². The summed E-state index contributed by atoms with van der Waals surface area (Å²) in [5.74, 6) is -2.91. The van der Waals surface area contributed by atoms with E-state index < -0.39 is 53.3 Å². The van der Waals surface area contributed by atoms with Crippen molar-refractivity contribution in [1.82, 2.24) is 56.4 Å². The third-order valence-corrected chi connectivity index (χ3v) is 23.5. The minimum atomic E-state index is -0.752. The average Bonchev–Trinajstić information content (AvgIpc) is 0.817. The van der Waals surface area contributed by atoms with E-state index in [1.165, 1.54) is 54.7 Å². The molecule has 5 atom stereocenters. The molecule has 5 amide bonds. The second kappa shape index (κ2) is 46.4. The molecule has 27 nitrogen and oxygen atoms in total. The van der Waals surface area contributed by atoms with Gasteiger partial charge in [-0.1, -0.05) is 133 Å². The molecule has 4 aliphatic heterocycles. The fraction of sp³-hybridized carbons (Fsp3) is 0.270. The third-order valence-electron chi connectivity index (χ3n) is 23.2. The van der Waals surface area contributed by atoms with Crippen molar-refractivity contribution in [1.29, 1.82) is 5.26 Å². The number of halogens is 5. The Morgan fingerprint density at radius 3 is 1.59 bits per heavy atom. The Bertz CT molecular complexity index is 6060. The highest BCUT2D eigenvalue weighted by atomic mass is 35.5. The van der Waals surface area contributed by atoms with Crippen molar-refractivity contribution in [3.05, 3.63) is 321 Å². The highest BCUT2D eigenvalue weighted by Gasteiger charge is 2.29. The number of hydrogen-bond donors (Lipinski definition) is 12. The van der Waals surface area contributed by atoms with Crippen LogP contribution < -0.4 is 54.4 Å². The maximum atomic E-state index is 15.1. The minimum absolute atomic E-state index is 0.0115. The lowest BCUT2D eigenvalue weighted by atomic mass is 9.89. The topological polar surface area (TPSA) is 423 Å². The molecule has 0 aliphatic carbocycles. The van der Waals surface area contributed by atoms with Gasteiger partial charge in [-0.25, -0.2) is 42.5 Å². The molecule has 12 aromatic rings. The molecular formula is C100H102ClF4N17O10. The monoisotopic (exact) mass is 1810 g/mol. The van der Waals surface area contributed by atoms with E-state index in [4.69, 9.17) is 49.3 Å². The Hall–Kier alpha value is -14.1. The fourth-order valence-corrected chi connectivity index (χ4v) is 16.2. The van der Waals surface area contributed by atoms with Gasteiger partial charge in [-0.05, 0) is 180 Å². The molecule has 4 fully saturated rings. The van der Waals surface area contributed by atoms with Crippen LogP contribution in [0.25, 0.3) is 44.6 Å². The number of nitrogens with one attached hydrogen (secondary N) is 5. The Labute approximate surface area is 766 Å². The number of carbonyl (C=O) groups is 5. The SMILES string of the molecule is N#CCCc1cnc(N)c(-c2ccc(C(=O)N[C@H](CO)c3ccccc3)c(F)c2)n1.Nc1ncc(C2CCNC(=O)C2)cc1-c1ccc(C(=O)N[C@H](CO)c2cccc(Cl)c2)c(F)c1.Nc1ncc(C2CCOCC2)cc1-c1ccc(C(=O)N[C@@H]2CCCN(Cc3ccccc3F)C2)c(F)c1.Nc1ncc(N2CCOCC2)cc1-c1ccc(C(=O)N[C@H](CO)c2ccccc2)cc1. The number of aliphatic hydroxyl groups is 3. The molecule has 682 valence electrons. The summed E-state index contributed by atoms with van der Waals surface area (Å²) in [5, 5.41) is 52.1. The van der Waals surface area contributed by atoms with Gasteiger partial charge >= 0.3 is 0 Å². The molecule has 4 aromatic heterocycles. The van der Waals surface area contributed by atoms with Gasteiger partial charge in [-0.2, -0.15) is 5.26 Å². The van der Waals surface area contributed by atoms with E-state index >= 15 is 4.39 Å². The van der Waals surface area contributed by atoms with Crippen molar-refractivity contribution in [2.45, 2.75) is 93.9 Å². The molecule has 0 radical (unpaired) electrons. The summed E-state index contributed by atoms with van der Waals surface area (Å²) in [6.45, 7) is 6.05. The van der Waals surface area contributed by atoms with Gasteiger partial charge in [0, 0.05) is 122 Å². The lowest BCUT2D eigenvalue weighted by Crippen LogP contribution is -2.47. The van der Waals surface area contributed by atoms with Crippen LogP contribution in [0.3, 0.4) is 0 Å². The Morgan fingerprint density at radius 1 is 0.515 bits per heavy atom. The van der Waals surface area contributed by atoms with Crippen molar-refractivity contribution in [3.8, 4) is 50.7 Å². The van der Waals surface area contributed by atoms with Crippen LogP contribution in [0.1, 0.15) is 155 Å². The maximum absolute atomic E-state index is 15.1. The Kier molecular flexibility index (Phi) is 33.6. The number of hydrogen-bond acceptors (Lipinski definition) is 22. The molecule has 0 bridgehead atoms. The molecule has 1 unspecified atom stereocenters. The molecule has 16 rings (SSSR count). The van der Waals surface area contributed by atoms with Crippen LogP contribution in [0.15, 0.2) is 231 Å². The molecule has 32 heteroatoms. The molecule has 8 aromatic carbocycles. The smallest absolute Gasteiger partial charge is 0.254 e. The third kappa shape index (κ3) is 25.3. The van der Waals surface area contributed by atoms with E-state index in [9.17, 15) is 52.5 Å². The summed E-state index contributed by atoms with van der Waals surface area (Å²) in [5.41, 5.74) is 35.3. The van der Waals surface area contributed by atoms with Crippen LogP contribution in [-0.4, -0.2) is 160 Å². The first-order valence-electron chi connectivity index (χ1n) is 43.3. The molecule has 4 saturated heterocycles. The highest BCUT2D eigenvalue weighted by molar-refractivity contribution is 6.30. The lowest BCUT2D eigenvalue weighted by Gasteiger charge is -2.33. The maximum Gasteiger partial charge on any atom is 0.254 e. The summed E-state index contributed by atoms with van der Waals surface area (Å²) in [6, 6.07) is 57.6. The number of nitrogens with two attached hydrogens (primary N) is 4. The van der Waals surface area contributed by atoms with Crippen molar-refractivity contribution < 1.29 is 66.3 Å². The molecule has 0 spiro atoms. The van der Waals surface area contributed by atoms with E-state index in [0.717, 1.165) is 85.2 Å². The number of piperidine rings is 2. The van der Waals surface area contributed by atoms with Crippen LogP contribution >= 0.6 is 11.6 Å². The summed E-state index contributed by atoms with van der Waals surface area (Å²) >= 11 is 5.99. The largest absolute Gasteiger partial charge is 0.394 e. The molecule has 8 heterocycles. The first-order chi connectivity index (χ1) is 64.0. The van der Waals surface area contributed by atoms with Gasteiger partial charge in [-0.15, -0.1) is 0 Å². The number of morpholine rings is 1. The van der Waals surface area contributed by atoms with Crippen molar-refractivity contribution in [2.75, 3.05) is 107 Å². The first-order valence-corrected chi connectivity index (χ1v) is 43.7. The van der Waals surface area contributed by atoms with Gasteiger partial charge < -0.3 is 79.2 Å². The van der Waals surface area contributed by atoms with Crippen molar-refractivity contribution in [2.24, 2.45) is 0 Å². The number of benzene rings is 8. The number of aryl methyl sites for hydroxylation is 1. The van der Waals surface area contributed by atoms with E-state index in [-0.39, 0.29) is 89.9 Å². The van der Waals surface area contributed by atoms with Gasteiger partial charge in [0.2, 0.25) is 5.91 Å². The number of aliphatic hydroxyl groups excluding tert-OH is 3. The number of ether oxygens (including phenoxy) is 2. The average molecular weight is 1810 g/mol. The number of likely N-dealkylation sites (tertiary alicyclic amines) is 1. The number of carbonyl (C=O) groups excluding carboxylic acids is 5. The van der Waals surface area contributed by atoms with Gasteiger partial charge in [0.25, 0.3) is 23.6 Å². The molecular weight excluding hydrogens is 1710 g/mol. The van der Waals surface area contributed by atoms with Crippen molar-refractivity contribution in [3.63, 3.8) is 0 Å². The Balaban J connectivity index is 0.000000150. The number of nitriles is 1. The number of nitrogens with zero attached hydrogens (tertiary/aromatic N) is 8. The normalized spacial score (nSPS) is 15.7. The number of pyridine rings is 3. The van der Waals surface area contributed by atoms with Gasteiger partial charge in [0.05, 0.1) is 97.7 Å². The zero-order valence-electron chi connectivity index (χ0n) is 72.2. The quantitative estimate of drug-likeness (QED) is 0.0236. The lowest BCUT2D eigenvalue weighted by molar-refractivity contribution is -0.122. The molecule has 16 N–H and O–H groups in total. The zero-order chi connectivity index (χ0) is 93.2. The number of aromatic nitrogens is 5. The molecule has 132 heavy (non-hydrogen) atoms. The van der Waals surface area contributed by atoms with Crippen LogP contribution in [0.5, 0.6) is 0 Å². The predicted molar refractivity (Wildman–Crippen MR) is 497 cm³/mol. The summed E-state index contributed by atoms with van der Waals surface area (Å²) in [7, 11) is 0. The van der Waals surface area contributed by atoms with Crippen LogP contribution in [0, 0.1) is 34.6 Å². The second-order valence-corrected chi connectivity index (χ2v) is 32.5. The summed E-state index contributed by atoms with van der Waals surface area (Å²) in [4.78, 5) is 88.4. The zero-order valence-corrected chi connectivity index (χ0v) is 73.0. The van der Waals surface area contributed by atoms with E-state index in [2.05, 4.69) is 61.3 Å². The fourth-order valence-electron chi connectivity index (χ4n) is 16.0. The minimum Gasteiger partial charge on any atom is -0.394 e. The van der Waals surface area contributed by atoms with Crippen molar-refractivity contribution >= 4 is 70.1 Å². The van der Waals surface area contributed by atoms with Crippen LogP contribution in [0.4, 0.5) is 46.5 Å². The molecule has 0 saturated carbocycles. The number of amides is 5.